The summed E-state index contributed by atoms with van der Waals surface area (Å²) in [5.74, 6) is 0.906. The lowest BCUT2D eigenvalue weighted by Gasteiger charge is -2.33. The van der Waals surface area contributed by atoms with Crippen LogP contribution in [0.1, 0.15) is 92.0 Å². The van der Waals surface area contributed by atoms with Crippen molar-refractivity contribution in [1.29, 1.82) is 0 Å². The van der Waals surface area contributed by atoms with Crippen molar-refractivity contribution in [1.82, 2.24) is 25.1 Å². The van der Waals surface area contributed by atoms with Gasteiger partial charge in [-0.25, -0.2) is 10.1 Å². The van der Waals surface area contributed by atoms with Crippen LogP contribution in [-0.4, -0.2) is 71.2 Å². The van der Waals surface area contributed by atoms with E-state index in [2.05, 4.69) is 92.5 Å². The van der Waals surface area contributed by atoms with Gasteiger partial charge in [0.2, 0.25) is 0 Å². The summed E-state index contributed by atoms with van der Waals surface area (Å²) in [5.41, 5.74) is 6.18. The van der Waals surface area contributed by atoms with E-state index in [0.717, 1.165) is 55.1 Å². The maximum atomic E-state index is 12.4. The Morgan fingerprint density at radius 3 is 2.44 bits per heavy atom. The largest absolute Gasteiger partial charge is 0.469 e. The number of hydrazine groups is 1. The predicted molar refractivity (Wildman–Crippen MR) is 179 cm³/mol. The number of morpholine rings is 1. The van der Waals surface area contributed by atoms with Gasteiger partial charge in [-0.2, -0.15) is 5.10 Å². The van der Waals surface area contributed by atoms with Gasteiger partial charge in [-0.1, -0.05) is 77.8 Å². The summed E-state index contributed by atoms with van der Waals surface area (Å²) in [7, 11) is 1.47. The zero-order valence-electron chi connectivity index (χ0n) is 28.2. The van der Waals surface area contributed by atoms with Crippen LogP contribution in [-0.2, 0) is 14.3 Å². The van der Waals surface area contributed by atoms with E-state index in [1.54, 1.807) is 0 Å². The molecule has 0 aromatic carbocycles. The SMILES string of the molecule is CC.CCCC.C\C=C/C(=C\C=C\CC)c1cc(C)n(/C(=C\C(C)N2C=CC(C3(C(=O)OC)CC3)N2)N2CCOCC2)n1. The number of carbonyl (C=O) groups is 1. The fraction of sp³-hybridized carbons (Fsp3) is 0.600. The molecule has 43 heavy (non-hydrogen) atoms. The first-order chi connectivity index (χ1) is 20.8. The van der Waals surface area contributed by atoms with Crippen LogP contribution in [0.2, 0.25) is 0 Å². The second-order valence-corrected chi connectivity index (χ2v) is 10.9. The third-order valence-electron chi connectivity index (χ3n) is 7.76. The van der Waals surface area contributed by atoms with Crippen LogP contribution >= 0.6 is 0 Å². The molecule has 2 atom stereocenters. The van der Waals surface area contributed by atoms with Gasteiger partial charge in [-0.3, -0.25) is 4.79 Å². The summed E-state index contributed by atoms with van der Waals surface area (Å²) in [6.45, 7) is 19.8. The zero-order chi connectivity index (χ0) is 31.8. The first kappa shape index (κ1) is 36.1. The highest BCUT2D eigenvalue weighted by molar-refractivity contribution is 5.81. The Balaban J connectivity index is 0.000000993. The lowest BCUT2D eigenvalue weighted by Crippen LogP contribution is -2.47. The molecule has 2 fully saturated rings. The highest BCUT2D eigenvalue weighted by Crippen LogP contribution is 2.51. The Morgan fingerprint density at radius 1 is 1.21 bits per heavy atom. The van der Waals surface area contributed by atoms with E-state index < -0.39 is 5.41 Å². The molecule has 1 saturated heterocycles. The number of carbonyl (C=O) groups excluding carboxylic acids is 1. The van der Waals surface area contributed by atoms with Gasteiger partial charge in [0.05, 0.1) is 43.5 Å². The second-order valence-electron chi connectivity index (χ2n) is 10.9. The molecule has 1 aromatic heterocycles. The van der Waals surface area contributed by atoms with Crippen LogP contribution in [0, 0.1) is 12.3 Å². The summed E-state index contributed by atoms with van der Waals surface area (Å²) < 4.78 is 12.8. The van der Waals surface area contributed by atoms with Crippen molar-refractivity contribution in [2.45, 2.75) is 99.6 Å². The number of hydrogen-bond donors (Lipinski definition) is 1. The van der Waals surface area contributed by atoms with Crippen LogP contribution in [0.3, 0.4) is 0 Å². The van der Waals surface area contributed by atoms with Crippen molar-refractivity contribution >= 4 is 17.4 Å². The number of unbranched alkanes of at least 4 members (excludes halogenated alkanes) is 1. The third-order valence-corrected chi connectivity index (χ3v) is 7.76. The van der Waals surface area contributed by atoms with E-state index in [-0.39, 0.29) is 18.1 Å². The Labute approximate surface area is 261 Å². The van der Waals surface area contributed by atoms with Gasteiger partial charge in [-0.05, 0) is 58.3 Å². The molecular formula is C35H57N5O3. The molecule has 0 amide bonds. The highest BCUT2D eigenvalue weighted by Gasteiger charge is 2.57. The number of nitrogens with zero attached hydrogens (tertiary/aromatic N) is 4. The number of aryl methyl sites for hydroxylation is 1. The summed E-state index contributed by atoms with van der Waals surface area (Å²) in [5, 5.41) is 7.13. The molecule has 2 unspecified atom stereocenters. The van der Waals surface area contributed by atoms with Gasteiger partial charge in [0, 0.05) is 30.6 Å². The topological polar surface area (TPSA) is 71.9 Å². The van der Waals surface area contributed by atoms with Crippen molar-refractivity contribution in [3.05, 3.63) is 66.2 Å². The van der Waals surface area contributed by atoms with Crippen molar-refractivity contribution in [2.24, 2.45) is 5.41 Å². The predicted octanol–water partition coefficient (Wildman–Crippen LogP) is 7.12. The average molecular weight is 596 g/mol. The monoisotopic (exact) mass is 595 g/mol. The maximum absolute atomic E-state index is 12.4. The standard InChI is InChI=1S/C29H41N5O3.C4H10.C2H6/c1-6-8-9-11-24(10-7-2)25-20-23(4)34(30-25)27(32-16-18-37-19-17-32)21-22(3)33-15-12-26(31-33)29(13-14-29)28(35)36-5;1-3-4-2;1-2/h7-12,15,20-22,26,31H,6,13-14,16-19H2,1-5H3;3-4H2,1-2H3;1-2H3/b9-8+,10-7-,24-11+,27-21-;;. The zero-order valence-corrected chi connectivity index (χ0v) is 28.2. The third kappa shape index (κ3) is 9.70. The molecule has 3 heterocycles. The minimum Gasteiger partial charge on any atom is -0.469 e. The van der Waals surface area contributed by atoms with Gasteiger partial charge < -0.3 is 19.4 Å². The smallest absolute Gasteiger partial charge is 0.313 e. The number of methoxy groups -OCH3 is 1. The molecule has 4 rings (SSSR count). The number of esters is 1. The fourth-order valence-corrected chi connectivity index (χ4v) is 4.93. The molecule has 0 bridgehead atoms. The number of aromatic nitrogens is 2. The first-order valence-electron chi connectivity index (χ1n) is 16.3. The van der Waals surface area contributed by atoms with Crippen LogP contribution in [0.15, 0.2) is 54.8 Å². The highest BCUT2D eigenvalue weighted by atomic mass is 16.5. The fourth-order valence-electron chi connectivity index (χ4n) is 4.93. The van der Waals surface area contributed by atoms with E-state index >= 15 is 0 Å². The first-order valence-corrected chi connectivity index (χ1v) is 16.3. The van der Waals surface area contributed by atoms with E-state index in [4.69, 9.17) is 14.6 Å². The van der Waals surface area contributed by atoms with Gasteiger partial charge in [0.15, 0.2) is 0 Å². The Kier molecular flexibility index (Phi) is 15.6. The number of allylic oxidation sites excluding steroid dienone is 6. The van der Waals surface area contributed by atoms with Gasteiger partial charge in [0.25, 0.3) is 0 Å². The molecule has 3 aliphatic rings. The number of rotatable bonds is 11. The molecule has 0 spiro atoms. The normalized spacial score (nSPS) is 20.5. The molecular weight excluding hydrogens is 538 g/mol. The summed E-state index contributed by atoms with van der Waals surface area (Å²) >= 11 is 0. The van der Waals surface area contributed by atoms with E-state index in [1.165, 1.54) is 20.0 Å². The molecule has 8 nitrogen and oxygen atoms in total. The Morgan fingerprint density at radius 2 is 1.88 bits per heavy atom. The summed E-state index contributed by atoms with van der Waals surface area (Å²) in [6, 6.07) is 2.12. The van der Waals surface area contributed by atoms with Crippen molar-refractivity contribution in [2.75, 3.05) is 33.4 Å². The van der Waals surface area contributed by atoms with E-state index in [9.17, 15) is 4.79 Å². The van der Waals surface area contributed by atoms with Gasteiger partial charge >= 0.3 is 5.97 Å². The second kappa shape index (κ2) is 18.5. The van der Waals surface area contributed by atoms with Crippen molar-refractivity contribution in [3.8, 4) is 0 Å². The Hall–Kier alpha value is -3.10. The molecule has 1 saturated carbocycles. The van der Waals surface area contributed by atoms with E-state index in [0.29, 0.717) is 13.2 Å². The minimum atomic E-state index is -0.439. The molecule has 1 aliphatic carbocycles. The van der Waals surface area contributed by atoms with Crippen LogP contribution in [0.4, 0.5) is 0 Å². The summed E-state index contributed by atoms with van der Waals surface area (Å²) in [6.07, 6.45) is 22.2. The molecule has 1 aromatic rings. The average Bonchev–Trinajstić information content (AvgIpc) is 3.53. The van der Waals surface area contributed by atoms with Crippen molar-refractivity contribution in [3.63, 3.8) is 0 Å². The van der Waals surface area contributed by atoms with Gasteiger partial charge in [-0.15, -0.1) is 0 Å². The molecule has 2 aliphatic heterocycles. The molecule has 8 heteroatoms. The molecule has 1 N–H and O–H groups in total. The van der Waals surface area contributed by atoms with Crippen molar-refractivity contribution < 1.29 is 14.3 Å². The molecule has 240 valence electrons. The summed E-state index contributed by atoms with van der Waals surface area (Å²) in [4.78, 5) is 14.7. The minimum absolute atomic E-state index is 0.0256. The number of ether oxygens (including phenoxy) is 2. The van der Waals surface area contributed by atoms with Crippen LogP contribution in [0.5, 0.6) is 0 Å². The number of hydrogen-bond acceptors (Lipinski definition) is 7. The van der Waals surface area contributed by atoms with Crippen LogP contribution < -0.4 is 5.43 Å². The quantitative estimate of drug-likeness (QED) is 0.216. The lowest BCUT2D eigenvalue weighted by molar-refractivity contribution is -0.148. The Bertz CT molecular complexity index is 1130. The molecule has 0 radical (unpaired) electrons. The lowest BCUT2D eigenvalue weighted by atomic mass is 9.98. The maximum Gasteiger partial charge on any atom is 0.313 e. The number of nitrogens with one attached hydrogen (secondary N) is 1. The van der Waals surface area contributed by atoms with Gasteiger partial charge in [0.1, 0.15) is 5.82 Å². The van der Waals surface area contributed by atoms with Crippen LogP contribution in [0.25, 0.3) is 11.4 Å². The van der Waals surface area contributed by atoms with E-state index in [1.807, 2.05) is 37.7 Å².